The summed E-state index contributed by atoms with van der Waals surface area (Å²) in [7, 11) is 0. The van der Waals surface area contributed by atoms with Gasteiger partial charge in [0.15, 0.2) is 0 Å². The van der Waals surface area contributed by atoms with Crippen molar-refractivity contribution in [1.29, 1.82) is 0 Å². The topological polar surface area (TPSA) is 35.2 Å². The quantitative estimate of drug-likeness (QED) is 0.829. The van der Waals surface area contributed by atoms with Gasteiger partial charge in [0.1, 0.15) is 0 Å². The molecule has 0 amide bonds. The lowest BCUT2D eigenvalue weighted by Crippen LogP contribution is -2.15. The monoisotopic (exact) mass is 239 g/mol. The molecule has 88 valence electrons. The standard InChI is InChI=1S/C13H18ClNO/c14-12-3-1-11(2-4-12)9-16-10-13(5-6-13)7-8-15/h1-4H,5-10,15H2. The second-order valence-electron chi connectivity index (χ2n) is 4.66. The molecule has 1 fully saturated rings. The van der Waals surface area contributed by atoms with E-state index in [-0.39, 0.29) is 0 Å². The van der Waals surface area contributed by atoms with Gasteiger partial charge in [-0.05, 0) is 48.9 Å². The van der Waals surface area contributed by atoms with Crippen LogP contribution in [-0.2, 0) is 11.3 Å². The van der Waals surface area contributed by atoms with Crippen LogP contribution in [0.15, 0.2) is 24.3 Å². The van der Waals surface area contributed by atoms with Crippen LogP contribution >= 0.6 is 11.6 Å². The maximum atomic E-state index is 5.81. The summed E-state index contributed by atoms with van der Waals surface area (Å²) < 4.78 is 5.74. The fraction of sp³-hybridized carbons (Fsp3) is 0.538. The minimum absolute atomic E-state index is 0.404. The molecule has 0 bridgehead atoms. The van der Waals surface area contributed by atoms with Crippen LogP contribution in [0, 0.1) is 5.41 Å². The van der Waals surface area contributed by atoms with E-state index in [0.717, 1.165) is 24.6 Å². The molecule has 0 heterocycles. The maximum Gasteiger partial charge on any atom is 0.0717 e. The Labute approximate surface area is 102 Å². The van der Waals surface area contributed by atoms with E-state index in [2.05, 4.69) is 0 Å². The highest BCUT2D eigenvalue weighted by Crippen LogP contribution is 2.48. The van der Waals surface area contributed by atoms with Crippen LogP contribution < -0.4 is 5.73 Å². The Morgan fingerprint density at radius 1 is 1.25 bits per heavy atom. The second kappa shape index (κ2) is 5.17. The van der Waals surface area contributed by atoms with Gasteiger partial charge in [-0.3, -0.25) is 0 Å². The van der Waals surface area contributed by atoms with E-state index in [9.17, 15) is 0 Å². The van der Waals surface area contributed by atoms with Crippen molar-refractivity contribution < 1.29 is 4.74 Å². The molecule has 0 aromatic heterocycles. The van der Waals surface area contributed by atoms with Gasteiger partial charge in [-0.15, -0.1) is 0 Å². The Morgan fingerprint density at radius 3 is 2.50 bits per heavy atom. The zero-order valence-corrected chi connectivity index (χ0v) is 10.2. The molecule has 1 aromatic carbocycles. The van der Waals surface area contributed by atoms with Crippen LogP contribution in [0.1, 0.15) is 24.8 Å². The number of hydrogen-bond donors (Lipinski definition) is 1. The summed E-state index contributed by atoms with van der Waals surface area (Å²) >= 11 is 5.81. The number of hydrogen-bond acceptors (Lipinski definition) is 2. The highest BCUT2D eigenvalue weighted by molar-refractivity contribution is 6.30. The lowest BCUT2D eigenvalue weighted by molar-refractivity contribution is 0.0757. The predicted octanol–water partition coefficient (Wildman–Crippen LogP) is 2.99. The number of rotatable bonds is 6. The van der Waals surface area contributed by atoms with E-state index in [4.69, 9.17) is 22.1 Å². The number of benzene rings is 1. The van der Waals surface area contributed by atoms with Crippen molar-refractivity contribution in [1.82, 2.24) is 0 Å². The SMILES string of the molecule is NCCC1(COCc2ccc(Cl)cc2)CC1. The zero-order valence-electron chi connectivity index (χ0n) is 9.42. The third-order valence-corrected chi connectivity index (χ3v) is 3.47. The molecule has 0 atom stereocenters. The smallest absolute Gasteiger partial charge is 0.0717 e. The Balaban J connectivity index is 1.74. The van der Waals surface area contributed by atoms with Crippen molar-refractivity contribution in [2.24, 2.45) is 11.1 Å². The molecule has 2 rings (SSSR count). The fourth-order valence-electron chi connectivity index (χ4n) is 1.92. The van der Waals surface area contributed by atoms with Crippen LogP contribution in [0.25, 0.3) is 0 Å². The van der Waals surface area contributed by atoms with Gasteiger partial charge in [-0.2, -0.15) is 0 Å². The average molecular weight is 240 g/mol. The lowest BCUT2D eigenvalue weighted by atomic mass is 10.0. The summed E-state index contributed by atoms with van der Waals surface area (Å²) in [6, 6.07) is 7.80. The minimum Gasteiger partial charge on any atom is -0.376 e. The molecular formula is C13H18ClNO. The van der Waals surface area contributed by atoms with E-state index >= 15 is 0 Å². The third kappa shape index (κ3) is 3.21. The largest absolute Gasteiger partial charge is 0.376 e. The molecule has 2 nitrogen and oxygen atoms in total. The molecule has 0 saturated heterocycles. The maximum absolute atomic E-state index is 5.81. The van der Waals surface area contributed by atoms with Crippen LogP contribution in [-0.4, -0.2) is 13.2 Å². The van der Waals surface area contributed by atoms with Gasteiger partial charge in [0, 0.05) is 5.02 Å². The van der Waals surface area contributed by atoms with E-state index < -0.39 is 0 Å². The Hall–Kier alpha value is -0.570. The Morgan fingerprint density at radius 2 is 1.94 bits per heavy atom. The van der Waals surface area contributed by atoms with Crippen molar-refractivity contribution in [2.45, 2.75) is 25.9 Å². The number of ether oxygens (including phenoxy) is 1. The van der Waals surface area contributed by atoms with Crippen molar-refractivity contribution in [3.63, 3.8) is 0 Å². The zero-order chi connectivity index (χ0) is 11.4. The molecule has 3 heteroatoms. The van der Waals surface area contributed by atoms with Gasteiger partial charge in [-0.25, -0.2) is 0 Å². The lowest BCUT2D eigenvalue weighted by Gasteiger charge is -2.14. The van der Waals surface area contributed by atoms with E-state index in [1.165, 1.54) is 18.4 Å². The molecule has 0 aliphatic heterocycles. The highest BCUT2D eigenvalue weighted by atomic mass is 35.5. The molecule has 0 unspecified atom stereocenters. The van der Waals surface area contributed by atoms with Crippen LogP contribution in [0.5, 0.6) is 0 Å². The molecule has 1 aromatic rings. The summed E-state index contributed by atoms with van der Waals surface area (Å²) in [4.78, 5) is 0. The average Bonchev–Trinajstić information content (AvgIpc) is 3.02. The molecule has 2 N–H and O–H groups in total. The first-order valence-corrected chi connectivity index (χ1v) is 6.14. The van der Waals surface area contributed by atoms with Crippen LogP contribution in [0.3, 0.4) is 0 Å². The van der Waals surface area contributed by atoms with Gasteiger partial charge in [-0.1, -0.05) is 23.7 Å². The van der Waals surface area contributed by atoms with Gasteiger partial charge >= 0.3 is 0 Å². The molecule has 0 radical (unpaired) electrons. The summed E-state index contributed by atoms with van der Waals surface area (Å²) in [5, 5.41) is 0.769. The van der Waals surface area contributed by atoms with Gasteiger partial charge in [0.05, 0.1) is 13.2 Å². The highest BCUT2D eigenvalue weighted by Gasteiger charge is 2.41. The first-order valence-electron chi connectivity index (χ1n) is 5.76. The van der Waals surface area contributed by atoms with E-state index in [1.807, 2.05) is 24.3 Å². The summed E-state index contributed by atoms with van der Waals surface area (Å²) in [5.74, 6) is 0. The number of nitrogens with two attached hydrogens (primary N) is 1. The first-order chi connectivity index (χ1) is 7.74. The fourth-order valence-corrected chi connectivity index (χ4v) is 2.04. The molecule has 16 heavy (non-hydrogen) atoms. The van der Waals surface area contributed by atoms with Crippen molar-refractivity contribution >= 4 is 11.6 Å². The third-order valence-electron chi connectivity index (χ3n) is 3.22. The summed E-state index contributed by atoms with van der Waals surface area (Å²) in [6.07, 6.45) is 3.63. The summed E-state index contributed by atoms with van der Waals surface area (Å²) in [6.45, 7) is 2.28. The van der Waals surface area contributed by atoms with E-state index in [0.29, 0.717) is 12.0 Å². The molecule has 1 saturated carbocycles. The van der Waals surface area contributed by atoms with E-state index in [1.54, 1.807) is 0 Å². The minimum atomic E-state index is 0.404. The second-order valence-corrected chi connectivity index (χ2v) is 5.09. The van der Waals surface area contributed by atoms with Crippen LogP contribution in [0.2, 0.25) is 5.02 Å². The number of halogens is 1. The molecule has 1 aliphatic rings. The molecule has 0 spiro atoms. The van der Waals surface area contributed by atoms with Gasteiger partial charge < -0.3 is 10.5 Å². The summed E-state index contributed by atoms with van der Waals surface area (Å²) in [5.41, 5.74) is 7.16. The van der Waals surface area contributed by atoms with Crippen molar-refractivity contribution in [3.8, 4) is 0 Å². The van der Waals surface area contributed by atoms with Crippen molar-refractivity contribution in [3.05, 3.63) is 34.9 Å². The van der Waals surface area contributed by atoms with Gasteiger partial charge in [0.2, 0.25) is 0 Å². The van der Waals surface area contributed by atoms with Gasteiger partial charge in [0.25, 0.3) is 0 Å². The molecule has 1 aliphatic carbocycles. The van der Waals surface area contributed by atoms with Crippen molar-refractivity contribution in [2.75, 3.05) is 13.2 Å². The van der Waals surface area contributed by atoms with Crippen LogP contribution in [0.4, 0.5) is 0 Å². The Bertz CT molecular complexity index is 332. The normalized spacial score (nSPS) is 17.4. The first kappa shape index (κ1) is 11.9. The Kier molecular flexibility index (Phi) is 3.85. The predicted molar refractivity (Wildman–Crippen MR) is 66.4 cm³/mol. The molecular weight excluding hydrogens is 222 g/mol.